The first-order valence-corrected chi connectivity index (χ1v) is 6.63. The van der Waals surface area contributed by atoms with Crippen molar-refractivity contribution in [2.45, 2.75) is 6.54 Å². The minimum atomic E-state index is -0.323. The average molecular weight is 297 g/mol. The van der Waals surface area contributed by atoms with Gasteiger partial charge in [-0.15, -0.1) is 0 Å². The average Bonchev–Trinajstić information content (AvgIpc) is 2.74. The Morgan fingerprint density at radius 3 is 2.19 bits per heavy atom. The summed E-state index contributed by atoms with van der Waals surface area (Å²) >= 11 is 6.09. The van der Waals surface area contributed by atoms with Crippen LogP contribution in [0.3, 0.4) is 0 Å². The van der Waals surface area contributed by atoms with Crippen molar-refractivity contribution in [2.75, 3.05) is 0 Å². The SMILES string of the molecule is N#Cc1ccc(CN2C(=O)c3ccccc3C2=O)c(Cl)c1. The monoisotopic (exact) mass is 296 g/mol. The van der Waals surface area contributed by atoms with E-state index in [1.807, 2.05) is 6.07 Å². The molecule has 0 saturated carbocycles. The highest BCUT2D eigenvalue weighted by atomic mass is 35.5. The number of benzene rings is 2. The Labute approximate surface area is 126 Å². The Kier molecular flexibility index (Phi) is 3.20. The van der Waals surface area contributed by atoms with Gasteiger partial charge >= 0.3 is 0 Å². The number of hydrogen-bond acceptors (Lipinski definition) is 3. The summed E-state index contributed by atoms with van der Waals surface area (Å²) in [5.74, 6) is -0.646. The van der Waals surface area contributed by atoms with Gasteiger partial charge < -0.3 is 0 Å². The molecule has 4 nitrogen and oxygen atoms in total. The molecule has 0 bridgehead atoms. The summed E-state index contributed by atoms with van der Waals surface area (Å²) in [5.41, 5.74) is 1.89. The predicted octanol–water partition coefficient (Wildman–Crippen LogP) is 3.01. The molecule has 2 aromatic rings. The van der Waals surface area contributed by atoms with E-state index in [1.165, 1.54) is 6.07 Å². The van der Waals surface area contributed by atoms with Gasteiger partial charge in [-0.2, -0.15) is 5.26 Å². The van der Waals surface area contributed by atoms with Crippen molar-refractivity contribution in [3.8, 4) is 6.07 Å². The van der Waals surface area contributed by atoms with E-state index in [1.54, 1.807) is 36.4 Å². The molecule has 1 aliphatic rings. The van der Waals surface area contributed by atoms with Crippen molar-refractivity contribution in [3.05, 3.63) is 69.7 Å². The Balaban J connectivity index is 1.93. The number of halogens is 1. The van der Waals surface area contributed by atoms with E-state index in [0.29, 0.717) is 27.3 Å². The summed E-state index contributed by atoms with van der Waals surface area (Å²) in [6, 6.07) is 13.5. The Morgan fingerprint density at radius 1 is 1.05 bits per heavy atom. The molecule has 0 saturated heterocycles. The minimum Gasteiger partial charge on any atom is -0.270 e. The van der Waals surface area contributed by atoms with Crippen LogP contribution in [0.5, 0.6) is 0 Å². The number of carbonyl (C=O) groups is 2. The van der Waals surface area contributed by atoms with Crippen LogP contribution in [0.4, 0.5) is 0 Å². The molecule has 0 atom stereocenters. The van der Waals surface area contributed by atoms with Crippen molar-refractivity contribution in [3.63, 3.8) is 0 Å². The predicted molar refractivity (Wildman–Crippen MR) is 76.8 cm³/mol. The molecule has 102 valence electrons. The lowest BCUT2D eigenvalue weighted by Crippen LogP contribution is -2.29. The van der Waals surface area contributed by atoms with Crippen LogP contribution in [-0.4, -0.2) is 16.7 Å². The zero-order chi connectivity index (χ0) is 15.0. The van der Waals surface area contributed by atoms with Crippen molar-refractivity contribution < 1.29 is 9.59 Å². The minimum absolute atomic E-state index is 0.0941. The summed E-state index contributed by atoms with van der Waals surface area (Å²) in [7, 11) is 0. The van der Waals surface area contributed by atoms with Gasteiger partial charge in [0.1, 0.15) is 0 Å². The summed E-state index contributed by atoms with van der Waals surface area (Å²) in [5, 5.41) is 9.18. The van der Waals surface area contributed by atoms with Gasteiger partial charge in [0.2, 0.25) is 0 Å². The molecule has 3 rings (SSSR count). The van der Waals surface area contributed by atoms with Crippen LogP contribution in [-0.2, 0) is 6.54 Å². The maximum Gasteiger partial charge on any atom is 0.261 e. The lowest BCUT2D eigenvalue weighted by molar-refractivity contribution is 0.0642. The van der Waals surface area contributed by atoms with Crippen molar-refractivity contribution in [1.29, 1.82) is 5.26 Å². The van der Waals surface area contributed by atoms with Gasteiger partial charge in [0, 0.05) is 5.02 Å². The number of nitriles is 1. The van der Waals surface area contributed by atoms with E-state index in [-0.39, 0.29) is 18.4 Å². The van der Waals surface area contributed by atoms with E-state index in [9.17, 15) is 9.59 Å². The maximum atomic E-state index is 12.3. The quantitative estimate of drug-likeness (QED) is 0.800. The van der Waals surface area contributed by atoms with Crippen LogP contribution >= 0.6 is 11.6 Å². The molecule has 1 heterocycles. The molecular weight excluding hydrogens is 288 g/mol. The molecule has 0 aromatic heterocycles. The first-order valence-electron chi connectivity index (χ1n) is 6.25. The fraction of sp³-hybridized carbons (Fsp3) is 0.0625. The molecule has 1 aliphatic heterocycles. The van der Waals surface area contributed by atoms with E-state index in [0.717, 1.165) is 4.90 Å². The molecule has 0 fully saturated rings. The third-order valence-corrected chi connectivity index (χ3v) is 3.74. The number of nitrogens with zero attached hydrogens (tertiary/aromatic N) is 2. The van der Waals surface area contributed by atoms with Gasteiger partial charge in [-0.1, -0.05) is 29.8 Å². The van der Waals surface area contributed by atoms with Gasteiger partial charge in [-0.25, -0.2) is 0 Å². The van der Waals surface area contributed by atoms with E-state index < -0.39 is 0 Å². The number of imide groups is 1. The van der Waals surface area contributed by atoms with Crippen LogP contribution in [0.15, 0.2) is 42.5 Å². The van der Waals surface area contributed by atoms with Gasteiger partial charge in [-0.05, 0) is 29.8 Å². The topological polar surface area (TPSA) is 61.2 Å². The zero-order valence-corrected chi connectivity index (χ0v) is 11.6. The summed E-state index contributed by atoms with van der Waals surface area (Å²) < 4.78 is 0. The van der Waals surface area contributed by atoms with Crippen LogP contribution < -0.4 is 0 Å². The van der Waals surface area contributed by atoms with Crippen LogP contribution in [0, 0.1) is 11.3 Å². The standard InChI is InChI=1S/C16H9ClN2O2/c17-14-7-10(8-18)5-6-11(14)9-19-15(20)12-3-1-2-4-13(12)16(19)21/h1-7H,9H2. The van der Waals surface area contributed by atoms with E-state index in [4.69, 9.17) is 16.9 Å². The Morgan fingerprint density at radius 2 is 1.67 bits per heavy atom. The lowest BCUT2D eigenvalue weighted by Gasteiger charge is -2.14. The molecule has 21 heavy (non-hydrogen) atoms. The highest BCUT2D eigenvalue weighted by molar-refractivity contribution is 6.31. The van der Waals surface area contributed by atoms with Crippen LogP contribution in [0.25, 0.3) is 0 Å². The highest BCUT2D eigenvalue weighted by Gasteiger charge is 2.35. The maximum absolute atomic E-state index is 12.3. The van der Waals surface area contributed by atoms with Gasteiger partial charge in [-0.3, -0.25) is 14.5 Å². The Hall–Kier alpha value is -2.64. The smallest absolute Gasteiger partial charge is 0.261 e. The van der Waals surface area contributed by atoms with Gasteiger partial charge in [0.25, 0.3) is 11.8 Å². The Bertz CT molecular complexity index is 773. The summed E-state index contributed by atoms with van der Waals surface area (Å²) in [6.45, 7) is 0.0941. The third kappa shape index (κ3) is 2.18. The number of rotatable bonds is 2. The molecule has 2 amide bonds. The van der Waals surface area contributed by atoms with E-state index >= 15 is 0 Å². The van der Waals surface area contributed by atoms with Crippen LogP contribution in [0.2, 0.25) is 5.02 Å². The van der Waals surface area contributed by atoms with Crippen LogP contribution in [0.1, 0.15) is 31.8 Å². The largest absolute Gasteiger partial charge is 0.270 e. The highest BCUT2D eigenvalue weighted by Crippen LogP contribution is 2.26. The van der Waals surface area contributed by atoms with Gasteiger partial charge in [0.15, 0.2) is 0 Å². The molecule has 0 radical (unpaired) electrons. The number of amides is 2. The second-order valence-electron chi connectivity index (χ2n) is 4.66. The fourth-order valence-corrected chi connectivity index (χ4v) is 2.54. The van der Waals surface area contributed by atoms with Gasteiger partial charge in [0.05, 0.1) is 29.3 Å². The van der Waals surface area contributed by atoms with Crippen molar-refractivity contribution in [2.24, 2.45) is 0 Å². The lowest BCUT2D eigenvalue weighted by atomic mass is 10.1. The molecule has 0 unspecified atom stereocenters. The summed E-state index contributed by atoms with van der Waals surface area (Å²) in [6.07, 6.45) is 0. The van der Waals surface area contributed by atoms with E-state index in [2.05, 4.69) is 0 Å². The third-order valence-electron chi connectivity index (χ3n) is 3.39. The molecule has 0 aliphatic carbocycles. The number of carbonyl (C=O) groups excluding carboxylic acids is 2. The zero-order valence-electron chi connectivity index (χ0n) is 10.8. The summed E-state index contributed by atoms with van der Waals surface area (Å²) in [4.78, 5) is 25.7. The normalized spacial score (nSPS) is 13.2. The molecule has 0 spiro atoms. The van der Waals surface area contributed by atoms with Crippen molar-refractivity contribution >= 4 is 23.4 Å². The van der Waals surface area contributed by atoms with Crippen molar-refractivity contribution in [1.82, 2.24) is 4.90 Å². The second-order valence-corrected chi connectivity index (χ2v) is 5.07. The molecule has 0 N–H and O–H groups in total. The first kappa shape index (κ1) is 13.3. The molecule has 2 aromatic carbocycles. The molecule has 5 heteroatoms. The number of fused-ring (bicyclic) bond motifs is 1. The first-order chi connectivity index (χ1) is 10.1. The fourth-order valence-electron chi connectivity index (χ4n) is 2.30. The number of hydrogen-bond donors (Lipinski definition) is 0. The second kappa shape index (κ2) is 5.04. The molecular formula is C16H9ClN2O2.